The average molecular weight is 224 g/mol. The van der Waals surface area contributed by atoms with Gasteiger partial charge in [-0.3, -0.25) is 4.98 Å². The third-order valence-electron chi connectivity index (χ3n) is 2.43. The lowest BCUT2D eigenvalue weighted by molar-refractivity contribution is 0.996. The number of nitrogens with zero attached hydrogens (tertiary/aromatic N) is 4. The van der Waals surface area contributed by atoms with Crippen LogP contribution in [-0.4, -0.2) is 11.5 Å². The Bertz CT molecular complexity index is 583. The van der Waals surface area contributed by atoms with Crippen LogP contribution in [-0.2, 0) is 0 Å². The maximum Gasteiger partial charge on any atom is 0.0346 e. The zero-order chi connectivity index (χ0) is 11.9. The van der Waals surface area contributed by atoms with E-state index in [1.165, 1.54) is 5.39 Å². The summed E-state index contributed by atoms with van der Waals surface area (Å²) < 4.78 is 0. The quantitative estimate of drug-likeness (QED) is 0.335. The Labute approximate surface area is 99.2 Å². The Balaban J connectivity index is 2.11. The minimum atomic E-state index is 0.504. The lowest BCUT2D eigenvalue weighted by Crippen LogP contribution is -1.78. The van der Waals surface area contributed by atoms with E-state index in [-0.39, 0.29) is 0 Å². The van der Waals surface area contributed by atoms with Crippen LogP contribution >= 0.6 is 0 Å². The van der Waals surface area contributed by atoms with Gasteiger partial charge in [-0.1, -0.05) is 29.4 Å². The molecule has 0 saturated carbocycles. The first-order valence-electron chi connectivity index (χ1n) is 5.41. The first-order chi connectivity index (χ1) is 8.40. The Morgan fingerprint density at radius 2 is 2.24 bits per heavy atom. The molecule has 4 nitrogen and oxygen atoms in total. The molecule has 0 atom stereocenters. The molecule has 0 radical (unpaired) electrons. The molecular weight excluding hydrogens is 212 g/mol. The van der Waals surface area contributed by atoms with Gasteiger partial charge in [0.25, 0.3) is 0 Å². The molecular formula is C13H12N4. The third kappa shape index (κ3) is 3.06. The zero-order valence-electron chi connectivity index (χ0n) is 9.32. The summed E-state index contributed by atoms with van der Waals surface area (Å²) in [6.07, 6.45) is 8.45. The topological polar surface area (TPSA) is 61.7 Å². The Morgan fingerprint density at radius 3 is 3.12 bits per heavy atom. The number of hydrogen-bond acceptors (Lipinski definition) is 2. The molecule has 2 aromatic rings. The number of azide groups is 1. The van der Waals surface area contributed by atoms with Gasteiger partial charge in [-0.15, -0.1) is 0 Å². The lowest BCUT2D eigenvalue weighted by atomic mass is 10.1. The number of aromatic nitrogens is 1. The summed E-state index contributed by atoms with van der Waals surface area (Å²) in [5.74, 6) is 0. The van der Waals surface area contributed by atoms with Gasteiger partial charge in [-0.2, -0.15) is 0 Å². The molecule has 2 rings (SSSR count). The van der Waals surface area contributed by atoms with E-state index in [0.29, 0.717) is 6.54 Å². The molecule has 1 aromatic carbocycles. The number of benzene rings is 1. The van der Waals surface area contributed by atoms with Gasteiger partial charge in [-0.25, -0.2) is 0 Å². The SMILES string of the molecule is [N-]=[N+]=NCCC=Cc1ccc2cnccc2c1. The Kier molecular flexibility index (Phi) is 3.73. The van der Waals surface area contributed by atoms with Gasteiger partial charge in [0.05, 0.1) is 0 Å². The maximum atomic E-state index is 8.13. The summed E-state index contributed by atoms with van der Waals surface area (Å²) in [5.41, 5.74) is 9.27. The molecule has 0 saturated heterocycles. The van der Waals surface area contributed by atoms with E-state index in [9.17, 15) is 0 Å². The van der Waals surface area contributed by atoms with E-state index < -0.39 is 0 Å². The highest BCUT2D eigenvalue weighted by molar-refractivity contribution is 5.83. The van der Waals surface area contributed by atoms with E-state index in [1.54, 1.807) is 6.20 Å². The molecule has 0 bridgehead atoms. The summed E-state index contributed by atoms with van der Waals surface area (Å²) in [6.45, 7) is 0.504. The fraction of sp³-hybridized carbons (Fsp3) is 0.154. The monoisotopic (exact) mass is 224 g/mol. The summed E-state index contributed by atoms with van der Waals surface area (Å²) in [7, 11) is 0. The molecule has 1 heterocycles. The van der Waals surface area contributed by atoms with Crippen molar-refractivity contribution in [1.82, 2.24) is 4.98 Å². The number of fused-ring (bicyclic) bond motifs is 1. The van der Waals surface area contributed by atoms with Crippen LogP contribution in [0.5, 0.6) is 0 Å². The van der Waals surface area contributed by atoms with Gasteiger partial charge >= 0.3 is 0 Å². The van der Waals surface area contributed by atoms with E-state index >= 15 is 0 Å². The first kappa shape index (κ1) is 11.2. The molecule has 0 unspecified atom stereocenters. The van der Waals surface area contributed by atoms with Crippen molar-refractivity contribution in [3.63, 3.8) is 0 Å². The van der Waals surface area contributed by atoms with Crippen molar-refractivity contribution in [2.45, 2.75) is 6.42 Å². The summed E-state index contributed by atoms with van der Waals surface area (Å²) >= 11 is 0. The molecule has 0 spiro atoms. The first-order valence-corrected chi connectivity index (χ1v) is 5.41. The fourth-order valence-electron chi connectivity index (χ4n) is 1.60. The van der Waals surface area contributed by atoms with Crippen LogP contribution in [0.1, 0.15) is 12.0 Å². The second-order valence-electron chi connectivity index (χ2n) is 3.63. The van der Waals surface area contributed by atoms with Crippen LogP contribution in [0.25, 0.3) is 27.3 Å². The largest absolute Gasteiger partial charge is 0.264 e. The molecule has 0 aliphatic rings. The number of rotatable bonds is 4. The Morgan fingerprint density at radius 1 is 1.29 bits per heavy atom. The van der Waals surface area contributed by atoms with Crippen molar-refractivity contribution in [3.8, 4) is 0 Å². The fourth-order valence-corrected chi connectivity index (χ4v) is 1.60. The predicted molar refractivity (Wildman–Crippen MR) is 69.4 cm³/mol. The van der Waals surface area contributed by atoms with Gasteiger partial charge in [0.2, 0.25) is 0 Å². The van der Waals surface area contributed by atoms with Gasteiger partial charge in [-0.05, 0) is 35.0 Å². The zero-order valence-corrected chi connectivity index (χ0v) is 9.32. The second-order valence-corrected chi connectivity index (χ2v) is 3.63. The maximum absolute atomic E-state index is 8.13. The van der Waals surface area contributed by atoms with Crippen LogP contribution in [0.4, 0.5) is 0 Å². The van der Waals surface area contributed by atoms with E-state index in [4.69, 9.17) is 5.53 Å². The summed E-state index contributed by atoms with van der Waals surface area (Å²) in [4.78, 5) is 6.78. The van der Waals surface area contributed by atoms with E-state index in [1.807, 2.05) is 30.5 Å². The lowest BCUT2D eigenvalue weighted by Gasteiger charge is -1.98. The smallest absolute Gasteiger partial charge is 0.0346 e. The molecule has 84 valence electrons. The van der Waals surface area contributed by atoms with Gasteiger partial charge in [0, 0.05) is 29.2 Å². The summed E-state index contributed by atoms with van der Waals surface area (Å²) in [5, 5.41) is 5.79. The number of hydrogen-bond donors (Lipinski definition) is 0. The Hall–Kier alpha value is -2.32. The van der Waals surface area contributed by atoms with Crippen LogP contribution in [0.3, 0.4) is 0 Å². The molecule has 0 aliphatic heterocycles. The van der Waals surface area contributed by atoms with Gasteiger partial charge in [0.15, 0.2) is 0 Å². The minimum absolute atomic E-state index is 0.504. The highest BCUT2D eigenvalue weighted by Crippen LogP contribution is 2.15. The van der Waals surface area contributed by atoms with Crippen molar-refractivity contribution < 1.29 is 0 Å². The highest BCUT2D eigenvalue weighted by atomic mass is 15.1. The molecule has 0 aliphatic carbocycles. The molecule has 0 amide bonds. The molecule has 0 N–H and O–H groups in total. The van der Waals surface area contributed by atoms with Crippen LogP contribution in [0.2, 0.25) is 0 Å². The summed E-state index contributed by atoms with van der Waals surface area (Å²) in [6, 6.07) is 8.21. The van der Waals surface area contributed by atoms with Crippen LogP contribution < -0.4 is 0 Å². The van der Waals surface area contributed by atoms with E-state index in [2.05, 4.69) is 27.1 Å². The van der Waals surface area contributed by atoms with Gasteiger partial charge in [0.1, 0.15) is 0 Å². The predicted octanol–water partition coefficient (Wildman–Crippen LogP) is 3.95. The van der Waals surface area contributed by atoms with Crippen molar-refractivity contribution in [2.24, 2.45) is 5.11 Å². The molecule has 0 fully saturated rings. The average Bonchev–Trinajstić information content (AvgIpc) is 2.38. The molecule has 4 heteroatoms. The standard InChI is InChI=1S/C13H12N4/c14-17-16-7-2-1-3-11-4-5-13-10-15-8-6-12(13)9-11/h1,3-6,8-10H,2,7H2. The molecule has 17 heavy (non-hydrogen) atoms. The molecule has 1 aromatic heterocycles. The minimum Gasteiger partial charge on any atom is -0.264 e. The number of pyridine rings is 1. The van der Waals surface area contributed by atoms with Crippen molar-refractivity contribution in [1.29, 1.82) is 0 Å². The van der Waals surface area contributed by atoms with Crippen molar-refractivity contribution in [2.75, 3.05) is 6.54 Å². The normalized spacial score (nSPS) is 10.6. The van der Waals surface area contributed by atoms with E-state index in [0.717, 1.165) is 17.4 Å². The highest BCUT2D eigenvalue weighted by Gasteiger charge is 1.92. The van der Waals surface area contributed by atoms with Crippen molar-refractivity contribution in [3.05, 3.63) is 58.7 Å². The second kappa shape index (κ2) is 5.68. The van der Waals surface area contributed by atoms with Gasteiger partial charge < -0.3 is 0 Å². The third-order valence-corrected chi connectivity index (χ3v) is 2.43. The van der Waals surface area contributed by atoms with Crippen LogP contribution in [0, 0.1) is 0 Å². The van der Waals surface area contributed by atoms with Crippen molar-refractivity contribution >= 4 is 16.8 Å². The van der Waals surface area contributed by atoms with Crippen LogP contribution in [0.15, 0.2) is 47.8 Å².